The molecule has 0 heterocycles. The fourth-order valence-corrected chi connectivity index (χ4v) is 3.67. The number of hydrogen-bond acceptors (Lipinski definition) is 2. The highest BCUT2D eigenvalue weighted by Gasteiger charge is 2.41. The van der Waals surface area contributed by atoms with Crippen LogP contribution in [-0.2, 0) is 0 Å². The van der Waals surface area contributed by atoms with Crippen LogP contribution >= 0.6 is 0 Å². The third kappa shape index (κ3) is 3.45. The average molecular weight is 238 g/mol. The normalized spacial score (nSPS) is 25.4. The third-order valence-corrected chi connectivity index (χ3v) is 4.90. The molecular formula is C15H30N2. The lowest BCUT2D eigenvalue weighted by Gasteiger charge is -2.32. The van der Waals surface area contributed by atoms with Gasteiger partial charge in [-0.15, -0.1) is 0 Å². The van der Waals surface area contributed by atoms with E-state index in [0.29, 0.717) is 10.8 Å². The zero-order valence-electron chi connectivity index (χ0n) is 11.7. The maximum atomic E-state index is 5.84. The molecular weight excluding hydrogens is 208 g/mol. The minimum Gasteiger partial charge on any atom is -0.330 e. The molecule has 0 atom stereocenters. The molecule has 0 aliphatic heterocycles. The Balaban J connectivity index is 1.77. The molecule has 0 amide bonds. The summed E-state index contributed by atoms with van der Waals surface area (Å²) in [5, 5.41) is 3.75. The highest BCUT2D eigenvalue weighted by Crippen LogP contribution is 2.45. The Hall–Kier alpha value is -0.0800. The summed E-state index contributed by atoms with van der Waals surface area (Å²) in [7, 11) is 0. The Kier molecular flexibility index (Phi) is 4.14. The predicted octanol–water partition coefficient (Wildman–Crippen LogP) is 2.92. The van der Waals surface area contributed by atoms with Crippen molar-refractivity contribution in [2.24, 2.45) is 22.5 Å². The molecule has 0 bridgehead atoms. The molecule has 2 aliphatic carbocycles. The van der Waals surface area contributed by atoms with E-state index in [1.807, 2.05) is 0 Å². The van der Waals surface area contributed by atoms with Crippen LogP contribution in [0.1, 0.15) is 58.8 Å². The molecule has 0 radical (unpaired) electrons. The van der Waals surface area contributed by atoms with Crippen LogP contribution in [0.15, 0.2) is 0 Å². The van der Waals surface area contributed by atoms with Crippen molar-refractivity contribution >= 4 is 0 Å². The zero-order chi connectivity index (χ0) is 12.4. The van der Waals surface area contributed by atoms with Gasteiger partial charge in [0.2, 0.25) is 0 Å². The number of rotatable bonds is 7. The van der Waals surface area contributed by atoms with Crippen molar-refractivity contribution in [3.8, 4) is 0 Å². The Bertz CT molecular complexity index is 237. The first-order valence-electron chi connectivity index (χ1n) is 7.51. The van der Waals surface area contributed by atoms with Gasteiger partial charge in [0.05, 0.1) is 0 Å². The Morgan fingerprint density at radius 3 is 2.06 bits per heavy atom. The quantitative estimate of drug-likeness (QED) is 0.715. The van der Waals surface area contributed by atoms with E-state index in [2.05, 4.69) is 19.2 Å². The molecule has 2 rings (SSSR count). The minimum absolute atomic E-state index is 0.484. The number of hydrogen-bond donors (Lipinski definition) is 2. The van der Waals surface area contributed by atoms with Gasteiger partial charge in [0.15, 0.2) is 0 Å². The molecule has 0 aromatic heterocycles. The molecule has 0 spiro atoms. The van der Waals surface area contributed by atoms with Crippen LogP contribution in [0.3, 0.4) is 0 Å². The van der Waals surface area contributed by atoms with E-state index < -0.39 is 0 Å². The fraction of sp³-hybridized carbons (Fsp3) is 1.00. The van der Waals surface area contributed by atoms with Gasteiger partial charge in [-0.25, -0.2) is 0 Å². The SMILES string of the molecule is CC(C)CC1(CNCC2(CN)CC2)CCCC1. The van der Waals surface area contributed by atoms with E-state index in [9.17, 15) is 0 Å². The first-order chi connectivity index (χ1) is 8.10. The van der Waals surface area contributed by atoms with Gasteiger partial charge >= 0.3 is 0 Å². The largest absolute Gasteiger partial charge is 0.330 e. The van der Waals surface area contributed by atoms with Crippen LogP contribution in [0.5, 0.6) is 0 Å². The molecule has 3 N–H and O–H groups in total. The van der Waals surface area contributed by atoms with E-state index in [0.717, 1.165) is 19.0 Å². The second kappa shape index (κ2) is 5.27. The van der Waals surface area contributed by atoms with Gasteiger partial charge in [-0.05, 0) is 55.4 Å². The molecule has 2 nitrogen and oxygen atoms in total. The summed E-state index contributed by atoms with van der Waals surface area (Å²) in [5.74, 6) is 0.833. The molecule has 17 heavy (non-hydrogen) atoms. The van der Waals surface area contributed by atoms with Crippen molar-refractivity contribution < 1.29 is 0 Å². The van der Waals surface area contributed by atoms with E-state index in [4.69, 9.17) is 5.73 Å². The van der Waals surface area contributed by atoms with Gasteiger partial charge in [-0.1, -0.05) is 26.7 Å². The Morgan fingerprint density at radius 1 is 1.00 bits per heavy atom. The van der Waals surface area contributed by atoms with Crippen LogP contribution in [0.2, 0.25) is 0 Å². The van der Waals surface area contributed by atoms with Gasteiger partial charge in [0.1, 0.15) is 0 Å². The van der Waals surface area contributed by atoms with E-state index in [1.165, 1.54) is 51.5 Å². The maximum absolute atomic E-state index is 5.84. The van der Waals surface area contributed by atoms with Crippen molar-refractivity contribution in [1.82, 2.24) is 5.32 Å². The minimum atomic E-state index is 0.484. The fourth-order valence-electron chi connectivity index (χ4n) is 3.67. The highest BCUT2D eigenvalue weighted by atomic mass is 14.9. The van der Waals surface area contributed by atoms with Crippen LogP contribution in [0.25, 0.3) is 0 Å². The van der Waals surface area contributed by atoms with Crippen molar-refractivity contribution in [2.45, 2.75) is 58.8 Å². The van der Waals surface area contributed by atoms with E-state index >= 15 is 0 Å². The number of nitrogens with two attached hydrogens (primary N) is 1. The highest BCUT2D eigenvalue weighted by molar-refractivity contribution is 4.97. The lowest BCUT2D eigenvalue weighted by Crippen LogP contribution is -2.38. The van der Waals surface area contributed by atoms with Gasteiger partial charge in [0.25, 0.3) is 0 Å². The standard InChI is InChI=1S/C15H30N2/c1-13(2)9-14(5-3-4-6-14)11-17-12-15(10-16)7-8-15/h13,17H,3-12,16H2,1-2H3. The smallest absolute Gasteiger partial charge is 0.00201 e. The first kappa shape index (κ1) is 13.4. The molecule has 0 aromatic rings. The van der Waals surface area contributed by atoms with Crippen molar-refractivity contribution in [1.29, 1.82) is 0 Å². The second-order valence-corrected chi connectivity index (χ2v) is 7.11. The summed E-state index contributed by atoms with van der Waals surface area (Å²) in [6.07, 6.45) is 9.84. The Morgan fingerprint density at radius 2 is 1.59 bits per heavy atom. The summed E-state index contributed by atoms with van der Waals surface area (Å²) in [5.41, 5.74) is 6.93. The van der Waals surface area contributed by atoms with Crippen LogP contribution in [0, 0.1) is 16.7 Å². The van der Waals surface area contributed by atoms with E-state index in [-0.39, 0.29) is 0 Å². The summed E-state index contributed by atoms with van der Waals surface area (Å²) in [6, 6.07) is 0. The van der Waals surface area contributed by atoms with Crippen LogP contribution in [0.4, 0.5) is 0 Å². The summed E-state index contributed by atoms with van der Waals surface area (Å²) < 4.78 is 0. The molecule has 2 aliphatic rings. The third-order valence-electron chi connectivity index (χ3n) is 4.90. The van der Waals surface area contributed by atoms with E-state index in [1.54, 1.807) is 0 Å². The Labute approximate surface area is 107 Å². The van der Waals surface area contributed by atoms with Gasteiger partial charge in [-0.2, -0.15) is 0 Å². The average Bonchev–Trinajstić information content (AvgIpc) is 2.92. The van der Waals surface area contributed by atoms with Crippen LogP contribution in [-0.4, -0.2) is 19.6 Å². The molecule has 2 fully saturated rings. The molecule has 0 unspecified atom stereocenters. The summed E-state index contributed by atoms with van der Waals surface area (Å²) in [4.78, 5) is 0. The molecule has 100 valence electrons. The van der Waals surface area contributed by atoms with Crippen molar-refractivity contribution in [3.05, 3.63) is 0 Å². The van der Waals surface area contributed by atoms with Gasteiger partial charge in [-0.3, -0.25) is 0 Å². The van der Waals surface area contributed by atoms with Crippen LogP contribution < -0.4 is 11.1 Å². The predicted molar refractivity (Wildman–Crippen MR) is 73.9 cm³/mol. The summed E-state index contributed by atoms with van der Waals surface area (Å²) >= 11 is 0. The zero-order valence-corrected chi connectivity index (χ0v) is 11.7. The topological polar surface area (TPSA) is 38.0 Å². The molecule has 0 aromatic carbocycles. The number of nitrogens with one attached hydrogen (secondary N) is 1. The second-order valence-electron chi connectivity index (χ2n) is 7.11. The van der Waals surface area contributed by atoms with Crippen molar-refractivity contribution in [2.75, 3.05) is 19.6 Å². The summed E-state index contributed by atoms with van der Waals surface area (Å²) in [6.45, 7) is 7.98. The molecule has 2 saturated carbocycles. The molecule has 0 saturated heterocycles. The van der Waals surface area contributed by atoms with Crippen molar-refractivity contribution in [3.63, 3.8) is 0 Å². The monoisotopic (exact) mass is 238 g/mol. The lowest BCUT2D eigenvalue weighted by atomic mass is 9.78. The van der Waals surface area contributed by atoms with Gasteiger partial charge in [0, 0.05) is 13.1 Å². The lowest BCUT2D eigenvalue weighted by molar-refractivity contribution is 0.218. The van der Waals surface area contributed by atoms with Gasteiger partial charge < -0.3 is 11.1 Å². The maximum Gasteiger partial charge on any atom is 0.00201 e. The molecule has 2 heteroatoms. The first-order valence-corrected chi connectivity index (χ1v) is 7.51.